The van der Waals surface area contributed by atoms with Gasteiger partial charge in [-0.1, -0.05) is 45.0 Å². The lowest BCUT2D eigenvalue weighted by Gasteiger charge is -2.33. The molecule has 0 aliphatic rings. The number of alkyl halides is 2. The van der Waals surface area contributed by atoms with E-state index in [1.54, 1.807) is 12.1 Å². The van der Waals surface area contributed by atoms with Crippen molar-refractivity contribution in [3.8, 4) is 0 Å². The highest BCUT2D eigenvalue weighted by atomic mass is 19.3. The highest BCUT2D eigenvalue weighted by molar-refractivity contribution is 5.27. The number of hydrogen-bond donors (Lipinski definition) is 1. The smallest absolute Gasteiger partial charge is 0.279 e. The molecule has 0 aromatic heterocycles. The van der Waals surface area contributed by atoms with Gasteiger partial charge in [0.2, 0.25) is 0 Å². The summed E-state index contributed by atoms with van der Waals surface area (Å²) in [6.07, 6.45) is 0.853. The molecule has 3 heteroatoms. The number of nitrogens with two attached hydrogens (primary N) is 1. The van der Waals surface area contributed by atoms with Crippen molar-refractivity contribution < 1.29 is 8.78 Å². The molecule has 0 bridgehead atoms. The Morgan fingerprint density at radius 1 is 1.12 bits per heavy atom. The van der Waals surface area contributed by atoms with Crippen LogP contribution in [0.15, 0.2) is 24.3 Å². The van der Waals surface area contributed by atoms with E-state index >= 15 is 0 Å². The Morgan fingerprint density at radius 2 is 1.62 bits per heavy atom. The number of hydrogen-bond acceptors (Lipinski definition) is 1. The summed E-state index contributed by atoms with van der Waals surface area (Å²) in [4.78, 5) is 0. The number of halogens is 2. The first-order chi connectivity index (χ1) is 7.35. The van der Waals surface area contributed by atoms with Gasteiger partial charge in [0.25, 0.3) is 5.92 Å². The summed E-state index contributed by atoms with van der Waals surface area (Å²) in [5.41, 5.74) is 5.29. The monoisotopic (exact) mass is 227 g/mol. The van der Waals surface area contributed by atoms with Crippen molar-refractivity contribution in [2.24, 2.45) is 11.1 Å². The van der Waals surface area contributed by atoms with E-state index in [1.807, 2.05) is 6.92 Å². The molecule has 1 aromatic carbocycles. The fourth-order valence-electron chi connectivity index (χ4n) is 1.47. The van der Waals surface area contributed by atoms with Crippen LogP contribution in [0.4, 0.5) is 8.78 Å². The van der Waals surface area contributed by atoms with Crippen LogP contribution >= 0.6 is 0 Å². The van der Waals surface area contributed by atoms with Crippen LogP contribution < -0.4 is 5.73 Å². The lowest BCUT2D eigenvalue weighted by atomic mass is 9.81. The van der Waals surface area contributed by atoms with Gasteiger partial charge in [0.15, 0.2) is 0 Å². The molecule has 16 heavy (non-hydrogen) atoms. The normalized spacial score (nSPS) is 12.9. The Bertz CT molecular complexity index is 341. The average Bonchev–Trinajstić information content (AvgIpc) is 2.29. The molecule has 0 fully saturated rings. The van der Waals surface area contributed by atoms with Gasteiger partial charge < -0.3 is 5.73 Å². The molecule has 2 N–H and O–H groups in total. The highest BCUT2D eigenvalue weighted by Gasteiger charge is 2.46. The molecule has 0 radical (unpaired) electrons. The van der Waals surface area contributed by atoms with Crippen LogP contribution in [0.3, 0.4) is 0 Å². The third-order valence-electron chi connectivity index (χ3n) is 3.09. The quantitative estimate of drug-likeness (QED) is 0.839. The second-order valence-corrected chi connectivity index (χ2v) is 4.71. The van der Waals surface area contributed by atoms with Crippen LogP contribution in [-0.4, -0.2) is 6.54 Å². The van der Waals surface area contributed by atoms with Gasteiger partial charge in [-0.25, -0.2) is 8.78 Å². The third-order valence-corrected chi connectivity index (χ3v) is 3.09. The second kappa shape index (κ2) is 4.50. The Morgan fingerprint density at radius 3 is 2.00 bits per heavy atom. The third kappa shape index (κ3) is 2.24. The van der Waals surface area contributed by atoms with E-state index in [2.05, 4.69) is 0 Å². The topological polar surface area (TPSA) is 26.0 Å². The molecule has 1 rings (SSSR count). The summed E-state index contributed by atoms with van der Waals surface area (Å²) >= 11 is 0. The van der Waals surface area contributed by atoms with Gasteiger partial charge in [0, 0.05) is 17.5 Å². The van der Waals surface area contributed by atoms with Crippen molar-refractivity contribution in [1.29, 1.82) is 0 Å². The molecule has 0 aliphatic heterocycles. The summed E-state index contributed by atoms with van der Waals surface area (Å²) in [5.74, 6) is -2.89. The van der Waals surface area contributed by atoms with Gasteiger partial charge in [-0.2, -0.15) is 0 Å². The van der Waals surface area contributed by atoms with Crippen LogP contribution in [0, 0.1) is 5.41 Å². The number of rotatable bonds is 4. The van der Waals surface area contributed by atoms with E-state index in [9.17, 15) is 8.78 Å². The highest BCUT2D eigenvalue weighted by Crippen LogP contribution is 2.43. The Hall–Kier alpha value is -0.960. The zero-order chi connectivity index (χ0) is 12.4. The molecule has 0 saturated carbocycles. The number of aryl methyl sites for hydroxylation is 1. The van der Waals surface area contributed by atoms with Crippen LogP contribution in [0.2, 0.25) is 0 Å². The van der Waals surface area contributed by atoms with Gasteiger partial charge >= 0.3 is 0 Å². The summed E-state index contributed by atoms with van der Waals surface area (Å²) in [5, 5.41) is 0. The standard InChI is InChI=1S/C13H19F2N/c1-4-10-5-7-11(8-6-10)13(14,15)12(2,3)9-16/h5-8H,4,9,16H2,1-3H3. The zero-order valence-electron chi connectivity index (χ0n) is 10.1. The largest absolute Gasteiger partial charge is 0.330 e. The lowest BCUT2D eigenvalue weighted by Crippen LogP contribution is -2.40. The molecule has 0 saturated heterocycles. The first kappa shape index (κ1) is 13.1. The summed E-state index contributed by atoms with van der Waals surface area (Å²) in [7, 11) is 0. The van der Waals surface area contributed by atoms with Gasteiger partial charge in [0.05, 0.1) is 0 Å². The minimum absolute atomic E-state index is 0.0418. The summed E-state index contributed by atoms with van der Waals surface area (Å²) in [6.45, 7) is 4.92. The maximum atomic E-state index is 14.1. The summed E-state index contributed by atoms with van der Waals surface area (Å²) in [6, 6.07) is 6.48. The van der Waals surface area contributed by atoms with Gasteiger partial charge in [-0.15, -0.1) is 0 Å². The van der Waals surface area contributed by atoms with Crippen LogP contribution in [0.1, 0.15) is 31.9 Å². The van der Waals surface area contributed by atoms with Crippen molar-refractivity contribution in [3.63, 3.8) is 0 Å². The maximum absolute atomic E-state index is 14.1. The van der Waals surface area contributed by atoms with Crippen molar-refractivity contribution >= 4 is 0 Å². The molecule has 1 aromatic rings. The second-order valence-electron chi connectivity index (χ2n) is 4.71. The molecule has 1 nitrogen and oxygen atoms in total. The minimum atomic E-state index is -2.89. The number of benzene rings is 1. The van der Waals surface area contributed by atoms with Gasteiger partial charge in [-0.3, -0.25) is 0 Å². The van der Waals surface area contributed by atoms with Crippen molar-refractivity contribution in [2.45, 2.75) is 33.1 Å². The Kier molecular flexibility index (Phi) is 3.68. The van der Waals surface area contributed by atoms with E-state index in [0.29, 0.717) is 0 Å². The first-order valence-corrected chi connectivity index (χ1v) is 5.52. The predicted octanol–water partition coefficient (Wildman–Crippen LogP) is 3.33. The SMILES string of the molecule is CCc1ccc(C(F)(F)C(C)(C)CN)cc1. The van der Waals surface area contributed by atoms with Gasteiger partial charge in [0.1, 0.15) is 0 Å². The molecule has 90 valence electrons. The van der Waals surface area contributed by atoms with Gasteiger partial charge in [-0.05, 0) is 12.0 Å². The molecule has 0 unspecified atom stereocenters. The Labute approximate surface area is 95.7 Å². The Balaban J connectivity index is 3.07. The van der Waals surface area contributed by atoms with Crippen molar-refractivity contribution in [2.75, 3.05) is 6.54 Å². The summed E-state index contributed by atoms with van der Waals surface area (Å²) < 4.78 is 28.2. The minimum Gasteiger partial charge on any atom is -0.330 e. The lowest BCUT2D eigenvalue weighted by molar-refractivity contribution is -0.108. The molecule has 0 aliphatic carbocycles. The zero-order valence-corrected chi connectivity index (χ0v) is 10.1. The van der Waals surface area contributed by atoms with E-state index in [0.717, 1.165) is 12.0 Å². The van der Waals surface area contributed by atoms with E-state index in [-0.39, 0.29) is 12.1 Å². The fraction of sp³-hybridized carbons (Fsp3) is 0.538. The van der Waals surface area contributed by atoms with E-state index < -0.39 is 11.3 Å². The first-order valence-electron chi connectivity index (χ1n) is 5.52. The average molecular weight is 227 g/mol. The molecular formula is C13H19F2N. The predicted molar refractivity (Wildman–Crippen MR) is 62.5 cm³/mol. The molecular weight excluding hydrogens is 208 g/mol. The van der Waals surface area contributed by atoms with Crippen LogP contribution in [0.25, 0.3) is 0 Å². The van der Waals surface area contributed by atoms with Crippen molar-refractivity contribution in [3.05, 3.63) is 35.4 Å². The maximum Gasteiger partial charge on any atom is 0.279 e. The van der Waals surface area contributed by atoms with Crippen molar-refractivity contribution in [1.82, 2.24) is 0 Å². The molecule has 0 atom stereocenters. The van der Waals surface area contributed by atoms with Crippen LogP contribution in [0.5, 0.6) is 0 Å². The van der Waals surface area contributed by atoms with E-state index in [4.69, 9.17) is 5.73 Å². The molecule has 0 heterocycles. The fourth-order valence-corrected chi connectivity index (χ4v) is 1.47. The van der Waals surface area contributed by atoms with Crippen LogP contribution in [-0.2, 0) is 12.3 Å². The molecule has 0 spiro atoms. The molecule has 0 amide bonds. The van der Waals surface area contributed by atoms with E-state index in [1.165, 1.54) is 26.0 Å².